The van der Waals surface area contributed by atoms with Gasteiger partial charge in [0.15, 0.2) is 0 Å². The van der Waals surface area contributed by atoms with Crippen LogP contribution in [0, 0.1) is 17.6 Å². The van der Waals surface area contributed by atoms with Crippen LogP contribution in [-0.2, 0) is 21.4 Å². The van der Waals surface area contributed by atoms with E-state index < -0.39 is 21.7 Å². The molecular formula is C25H23F2N3O3S2. The molecule has 35 heavy (non-hydrogen) atoms. The largest absolute Gasteiger partial charge is 0.311 e. The van der Waals surface area contributed by atoms with Crippen molar-refractivity contribution >= 4 is 44.6 Å². The number of thiazole rings is 1. The maximum absolute atomic E-state index is 14.4. The minimum Gasteiger partial charge on any atom is -0.311 e. The fraction of sp³-hybridized carbons (Fsp3) is 0.280. The van der Waals surface area contributed by atoms with Gasteiger partial charge in [-0.05, 0) is 49.1 Å². The summed E-state index contributed by atoms with van der Waals surface area (Å²) < 4.78 is 56.6. The molecule has 1 aliphatic carbocycles. The van der Waals surface area contributed by atoms with Gasteiger partial charge in [0.2, 0.25) is 10.0 Å². The van der Waals surface area contributed by atoms with Crippen molar-refractivity contribution in [1.82, 2.24) is 9.29 Å². The molecule has 2 aliphatic rings. The molecule has 0 atom stereocenters. The average Bonchev–Trinajstić information content (AvgIpc) is 3.39. The van der Waals surface area contributed by atoms with Crippen LogP contribution in [0.25, 0.3) is 11.6 Å². The van der Waals surface area contributed by atoms with Crippen LogP contribution in [-0.4, -0.2) is 37.2 Å². The van der Waals surface area contributed by atoms with Crippen molar-refractivity contribution in [3.63, 3.8) is 0 Å². The Morgan fingerprint density at radius 1 is 1.20 bits per heavy atom. The fourth-order valence-corrected chi connectivity index (χ4v) is 6.45. The summed E-state index contributed by atoms with van der Waals surface area (Å²) in [4.78, 5) is 18.6. The fourth-order valence-electron chi connectivity index (χ4n) is 4.36. The summed E-state index contributed by atoms with van der Waals surface area (Å²) in [7, 11) is -2.40. The molecule has 182 valence electrons. The lowest BCUT2D eigenvalue weighted by atomic mass is 9.85. The smallest absolute Gasteiger partial charge is 0.258 e. The number of likely N-dealkylation sites (N-methyl/N-ethyl adjacent to an activating group) is 1. The Labute approximate surface area is 206 Å². The predicted molar refractivity (Wildman–Crippen MR) is 131 cm³/mol. The minimum atomic E-state index is -4.04. The Kier molecular flexibility index (Phi) is 6.29. The van der Waals surface area contributed by atoms with E-state index in [2.05, 4.69) is 4.98 Å². The molecule has 1 aromatic heterocycles. The normalized spacial score (nSPS) is 17.3. The van der Waals surface area contributed by atoms with E-state index in [9.17, 15) is 22.0 Å². The molecular weight excluding hydrogens is 492 g/mol. The van der Waals surface area contributed by atoms with Crippen molar-refractivity contribution in [2.75, 3.05) is 18.5 Å². The summed E-state index contributed by atoms with van der Waals surface area (Å²) in [6, 6.07) is 7.75. The maximum Gasteiger partial charge on any atom is 0.258 e. The van der Waals surface area contributed by atoms with Gasteiger partial charge in [-0.3, -0.25) is 4.79 Å². The zero-order valence-corrected chi connectivity index (χ0v) is 20.6. The summed E-state index contributed by atoms with van der Waals surface area (Å²) in [6.07, 6.45) is 6.13. The van der Waals surface area contributed by atoms with E-state index in [1.165, 1.54) is 38.7 Å². The molecule has 2 heterocycles. The van der Waals surface area contributed by atoms with E-state index in [4.69, 9.17) is 0 Å². The number of amides is 1. The molecule has 0 radical (unpaired) electrons. The number of carbonyl (C=O) groups is 1. The van der Waals surface area contributed by atoms with Crippen LogP contribution >= 0.6 is 11.3 Å². The van der Waals surface area contributed by atoms with Crippen molar-refractivity contribution in [3.8, 4) is 0 Å². The molecule has 3 aromatic rings. The molecule has 0 bridgehead atoms. The van der Waals surface area contributed by atoms with Crippen LogP contribution in [0.5, 0.6) is 0 Å². The van der Waals surface area contributed by atoms with Crippen LogP contribution in [0.15, 0.2) is 52.9 Å². The number of sulfonamides is 1. The first-order chi connectivity index (χ1) is 16.7. The SMILES string of the molecule is CN1C(=O)/C(=C/c2nccs2)c2cc(S(=O)(=O)N(Cc3ccc(F)cc3F)CC3CCC3)ccc21. The van der Waals surface area contributed by atoms with Gasteiger partial charge in [0, 0.05) is 48.9 Å². The Morgan fingerprint density at radius 3 is 2.66 bits per heavy atom. The zero-order valence-electron chi connectivity index (χ0n) is 18.9. The first-order valence-corrected chi connectivity index (χ1v) is 13.5. The first-order valence-electron chi connectivity index (χ1n) is 11.2. The van der Waals surface area contributed by atoms with Crippen molar-refractivity contribution in [2.45, 2.75) is 30.7 Å². The van der Waals surface area contributed by atoms with Crippen molar-refractivity contribution in [3.05, 3.63) is 75.7 Å². The number of anilines is 1. The van der Waals surface area contributed by atoms with Crippen LogP contribution in [0.2, 0.25) is 0 Å². The Hall–Kier alpha value is -2.95. The lowest BCUT2D eigenvalue weighted by molar-refractivity contribution is -0.112. The average molecular weight is 516 g/mol. The van der Waals surface area contributed by atoms with Gasteiger partial charge in [0.05, 0.1) is 16.2 Å². The number of fused-ring (bicyclic) bond motifs is 1. The first kappa shape index (κ1) is 23.8. The van der Waals surface area contributed by atoms with Gasteiger partial charge in [-0.15, -0.1) is 11.3 Å². The van der Waals surface area contributed by atoms with Crippen molar-refractivity contribution in [2.24, 2.45) is 5.92 Å². The van der Waals surface area contributed by atoms with Crippen LogP contribution in [0.1, 0.15) is 35.4 Å². The second kappa shape index (κ2) is 9.25. The molecule has 0 unspecified atom stereocenters. The van der Waals surface area contributed by atoms with E-state index in [0.717, 1.165) is 31.4 Å². The summed E-state index contributed by atoms with van der Waals surface area (Å²) in [6.45, 7) is 0.0412. The van der Waals surface area contributed by atoms with E-state index in [1.54, 1.807) is 30.8 Å². The number of carbonyl (C=O) groups excluding carboxylic acids is 1. The molecule has 0 spiro atoms. The molecule has 2 aromatic carbocycles. The Bertz CT molecular complexity index is 1420. The number of hydrogen-bond donors (Lipinski definition) is 0. The maximum atomic E-state index is 14.4. The number of benzene rings is 2. The standard InChI is InChI=1S/C25H23F2N3O3S2/c1-29-23-8-7-19(12-20(23)21(25(29)31)13-24-28-9-10-34-24)35(32,33)30(14-16-3-2-4-16)15-17-5-6-18(26)11-22(17)27/h5-13,16H,2-4,14-15H2,1H3/b21-13+. The van der Waals surface area contributed by atoms with Crippen LogP contribution in [0.4, 0.5) is 14.5 Å². The van der Waals surface area contributed by atoms with E-state index >= 15 is 0 Å². The van der Waals surface area contributed by atoms with E-state index in [-0.39, 0.29) is 35.4 Å². The van der Waals surface area contributed by atoms with Crippen LogP contribution < -0.4 is 4.90 Å². The Morgan fingerprint density at radius 2 is 2.00 bits per heavy atom. The molecule has 1 amide bonds. The van der Waals surface area contributed by atoms with Crippen LogP contribution in [0.3, 0.4) is 0 Å². The molecule has 1 aliphatic heterocycles. The molecule has 10 heteroatoms. The van der Waals surface area contributed by atoms with Gasteiger partial charge in [0.25, 0.3) is 5.91 Å². The quantitative estimate of drug-likeness (QED) is 0.419. The van der Waals surface area contributed by atoms with Gasteiger partial charge in [-0.2, -0.15) is 4.31 Å². The summed E-state index contributed by atoms with van der Waals surface area (Å²) in [5.74, 6) is -1.56. The third-order valence-corrected chi connectivity index (χ3v) is 9.09. The van der Waals surface area contributed by atoms with Gasteiger partial charge in [-0.25, -0.2) is 22.2 Å². The van der Waals surface area contributed by atoms with Gasteiger partial charge < -0.3 is 4.90 Å². The molecule has 5 rings (SSSR count). The third-order valence-electron chi connectivity index (χ3n) is 6.56. The second-order valence-electron chi connectivity index (χ2n) is 8.80. The zero-order chi connectivity index (χ0) is 24.7. The summed E-state index contributed by atoms with van der Waals surface area (Å²) >= 11 is 1.37. The molecule has 1 fully saturated rings. The van der Waals surface area contributed by atoms with Crippen molar-refractivity contribution in [1.29, 1.82) is 0 Å². The Balaban J connectivity index is 1.54. The summed E-state index contributed by atoms with van der Waals surface area (Å²) in [5, 5.41) is 2.44. The predicted octanol–water partition coefficient (Wildman–Crippen LogP) is 4.93. The molecule has 6 nitrogen and oxygen atoms in total. The number of hydrogen-bond acceptors (Lipinski definition) is 5. The number of nitrogens with zero attached hydrogens (tertiary/aromatic N) is 3. The lowest BCUT2D eigenvalue weighted by Gasteiger charge is -2.32. The highest BCUT2D eigenvalue weighted by Gasteiger charge is 2.34. The highest BCUT2D eigenvalue weighted by molar-refractivity contribution is 7.89. The third kappa shape index (κ3) is 4.53. The number of aromatic nitrogens is 1. The minimum absolute atomic E-state index is 0.0197. The highest BCUT2D eigenvalue weighted by Crippen LogP contribution is 2.39. The van der Waals surface area contributed by atoms with E-state index in [1.807, 2.05) is 0 Å². The monoisotopic (exact) mass is 515 g/mol. The molecule has 0 saturated heterocycles. The topological polar surface area (TPSA) is 70.6 Å². The van der Waals surface area contributed by atoms with E-state index in [0.29, 0.717) is 21.8 Å². The van der Waals surface area contributed by atoms with Gasteiger partial charge in [0.1, 0.15) is 16.6 Å². The number of halogens is 2. The second-order valence-corrected chi connectivity index (χ2v) is 11.7. The van der Waals surface area contributed by atoms with Crippen molar-refractivity contribution < 1.29 is 22.0 Å². The van der Waals surface area contributed by atoms with Gasteiger partial charge >= 0.3 is 0 Å². The molecule has 1 saturated carbocycles. The summed E-state index contributed by atoms with van der Waals surface area (Å²) in [5.41, 5.74) is 1.58. The van der Waals surface area contributed by atoms with Gasteiger partial charge in [-0.1, -0.05) is 12.5 Å². The number of rotatable bonds is 7. The lowest BCUT2D eigenvalue weighted by Crippen LogP contribution is -2.37. The molecule has 0 N–H and O–H groups in total. The highest BCUT2D eigenvalue weighted by atomic mass is 32.2.